The molecule has 10 atom stereocenters. The first-order valence-corrected chi connectivity index (χ1v) is 17.4. The molecule has 0 radical (unpaired) electrons. The average Bonchev–Trinajstić information content (AvgIpc) is 3.32. The molecule has 7 heteroatoms. The number of benzene rings is 1. The van der Waals surface area contributed by atoms with E-state index in [1.54, 1.807) is 18.2 Å². The summed E-state index contributed by atoms with van der Waals surface area (Å²) in [6, 6.07) is 4.82. The molecule has 0 aliphatic heterocycles. The molecule has 4 fully saturated rings. The van der Waals surface area contributed by atoms with Crippen LogP contribution in [0, 0.1) is 44.3 Å². The quantitative estimate of drug-likeness (QED) is 0.159. The number of rotatable bonds is 5. The van der Waals surface area contributed by atoms with Gasteiger partial charge in [-0.15, -0.1) is 0 Å². The summed E-state index contributed by atoms with van der Waals surface area (Å²) >= 11 is 0. The molecule has 0 saturated heterocycles. The number of phenolic OH excluding ortho intramolecular Hbond substituents is 1. The molecule has 1 spiro atoms. The Kier molecular flexibility index (Phi) is 8.09. The average molecular weight is 637 g/mol. The molecule has 0 amide bonds. The van der Waals surface area contributed by atoms with E-state index in [4.69, 9.17) is 9.47 Å². The number of aliphatic hydroxyl groups excluding tert-OH is 3. The number of allylic oxidation sites excluding steroid dienone is 1. The second-order valence-corrected chi connectivity index (χ2v) is 17.5. The summed E-state index contributed by atoms with van der Waals surface area (Å²) in [6.45, 7) is 13.8. The van der Waals surface area contributed by atoms with Crippen molar-refractivity contribution in [2.45, 2.75) is 118 Å². The molecule has 5 aliphatic rings. The van der Waals surface area contributed by atoms with Gasteiger partial charge in [0, 0.05) is 16.9 Å². The zero-order valence-electron chi connectivity index (χ0n) is 28.9. The normalized spacial score (nSPS) is 44.7. The minimum atomic E-state index is -1.01. The van der Waals surface area contributed by atoms with Gasteiger partial charge in [0.05, 0.1) is 32.0 Å². The van der Waals surface area contributed by atoms with Crippen LogP contribution >= 0.6 is 0 Å². The van der Waals surface area contributed by atoms with E-state index in [-0.39, 0.29) is 51.3 Å². The first kappa shape index (κ1) is 33.5. The summed E-state index contributed by atoms with van der Waals surface area (Å²) in [5, 5.41) is 44.9. The van der Waals surface area contributed by atoms with Crippen molar-refractivity contribution in [3.63, 3.8) is 0 Å². The SMILES string of the molecule is COc1cc(/C=C/C(=O)OC[C@@]2(C)[C@@H]3CC[C@]4(C)[C@H](CC=C5[C@@H](O)[C@]6(CCC(C)(C)C6)CC[C@]54C)[C@@]3(C)C[C@@H](O)[C@@H]2O)ccc1O. The number of hydrogen-bond donors (Lipinski definition) is 4. The van der Waals surface area contributed by atoms with Gasteiger partial charge in [-0.3, -0.25) is 0 Å². The largest absolute Gasteiger partial charge is 0.504 e. The van der Waals surface area contributed by atoms with Crippen LogP contribution in [-0.2, 0) is 9.53 Å². The molecule has 1 aromatic carbocycles. The van der Waals surface area contributed by atoms with Crippen LogP contribution in [-0.4, -0.2) is 58.4 Å². The van der Waals surface area contributed by atoms with Crippen LogP contribution in [0.15, 0.2) is 35.9 Å². The number of aliphatic hydroxyl groups is 3. The summed E-state index contributed by atoms with van der Waals surface area (Å²) in [4.78, 5) is 12.9. The lowest BCUT2D eigenvalue weighted by Crippen LogP contribution is -2.68. The molecule has 6 rings (SSSR count). The Balaban J connectivity index is 1.24. The molecule has 7 nitrogen and oxygen atoms in total. The van der Waals surface area contributed by atoms with Gasteiger partial charge in [-0.05, 0) is 121 Å². The zero-order chi connectivity index (χ0) is 33.5. The lowest BCUT2D eigenvalue weighted by Gasteiger charge is -2.70. The molecule has 5 aliphatic carbocycles. The van der Waals surface area contributed by atoms with Crippen LogP contribution in [0.25, 0.3) is 6.08 Å². The smallest absolute Gasteiger partial charge is 0.330 e. The van der Waals surface area contributed by atoms with E-state index >= 15 is 0 Å². The van der Waals surface area contributed by atoms with E-state index in [2.05, 4.69) is 40.7 Å². The van der Waals surface area contributed by atoms with Gasteiger partial charge in [-0.2, -0.15) is 0 Å². The summed E-state index contributed by atoms with van der Waals surface area (Å²) in [6.07, 6.45) is 11.6. The molecular formula is C39H56O7. The second-order valence-electron chi connectivity index (χ2n) is 17.5. The van der Waals surface area contributed by atoms with Crippen molar-refractivity contribution in [3.05, 3.63) is 41.5 Å². The number of methoxy groups -OCH3 is 1. The third kappa shape index (κ3) is 4.89. The van der Waals surface area contributed by atoms with Crippen molar-refractivity contribution >= 4 is 12.0 Å². The molecule has 0 unspecified atom stereocenters. The minimum Gasteiger partial charge on any atom is -0.504 e. The molecule has 4 N–H and O–H groups in total. The molecule has 254 valence electrons. The molecule has 1 aromatic rings. The van der Waals surface area contributed by atoms with Gasteiger partial charge >= 0.3 is 5.97 Å². The Morgan fingerprint density at radius 1 is 0.978 bits per heavy atom. The van der Waals surface area contributed by atoms with E-state index in [0.29, 0.717) is 17.7 Å². The molecule has 46 heavy (non-hydrogen) atoms. The number of phenols is 1. The number of esters is 1. The number of carbonyl (C=O) groups excluding carboxylic acids is 1. The molecular weight excluding hydrogens is 580 g/mol. The van der Waals surface area contributed by atoms with Crippen molar-refractivity contribution in [2.75, 3.05) is 13.7 Å². The van der Waals surface area contributed by atoms with E-state index in [1.165, 1.54) is 31.2 Å². The zero-order valence-corrected chi connectivity index (χ0v) is 28.9. The second kappa shape index (κ2) is 11.1. The fourth-order valence-electron chi connectivity index (χ4n) is 11.9. The third-order valence-electron chi connectivity index (χ3n) is 14.5. The minimum absolute atomic E-state index is 0.00632. The molecule has 0 heterocycles. The topological polar surface area (TPSA) is 116 Å². The first-order valence-electron chi connectivity index (χ1n) is 17.4. The van der Waals surface area contributed by atoms with Gasteiger partial charge < -0.3 is 29.9 Å². The van der Waals surface area contributed by atoms with Crippen molar-refractivity contribution in [3.8, 4) is 11.5 Å². The maximum Gasteiger partial charge on any atom is 0.330 e. The van der Waals surface area contributed by atoms with Gasteiger partial charge in [0.25, 0.3) is 0 Å². The predicted molar refractivity (Wildman–Crippen MR) is 178 cm³/mol. The predicted octanol–water partition coefficient (Wildman–Crippen LogP) is 6.82. The van der Waals surface area contributed by atoms with Crippen molar-refractivity contribution in [1.82, 2.24) is 0 Å². The lowest BCUT2D eigenvalue weighted by molar-refractivity contribution is -0.245. The van der Waals surface area contributed by atoms with Gasteiger partial charge in [0.15, 0.2) is 11.5 Å². The number of hydrogen-bond acceptors (Lipinski definition) is 7. The maximum atomic E-state index is 12.9. The van der Waals surface area contributed by atoms with Crippen LogP contribution in [0.1, 0.15) is 105 Å². The Hall–Kier alpha value is -2.35. The highest BCUT2D eigenvalue weighted by molar-refractivity contribution is 5.87. The van der Waals surface area contributed by atoms with Gasteiger partial charge in [-0.25, -0.2) is 4.79 Å². The van der Waals surface area contributed by atoms with Crippen LogP contribution in [0.3, 0.4) is 0 Å². The highest BCUT2D eigenvalue weighted by Gasteiger charge is 2.70. The molecule has 4 saturated carbocycles. The van der Waals surface area contributed by atoms with E-state index in [0.717, 1.165) is 44.9 Å². The van der Waals surface area contributed by atoms with Crippen LogP contribution < -0.4 is 4.74 Å². The number of carbonyl (C=O) groups is 1. The highest BCUT2D eigenvalue weighted by atomic mass is 16.5. The number of ether oxygens (including phenoxy) is 2. The Labute approximate surface area is 275 Å². The Bertz CT molecular complexity index is 1430. The highest BCUT2D eigenvalue weighted by Crippen LogP contribution is 2.74. The summed E-state index contributed by atoms with van der Waals surface area (Å²) < 4.78 is 11.0. The number of aromatic hydroxyl groups is 1. The van der Waals surface area contributed by atoms with Crippen LogP contribution in [0.5, 0.6) is 11.5 Å². The fraction of sp³-hybridized carbons (Fsp3) is 0.718. The van der Waals surface area contributed by atoms with Crippen LogP contribution in [0.4, 0.5) is 0 Å². The summed E-state index contributed by atoms with van der Waals surface area (Å²) in [5.41, 5.74) is 0.877. The standard InChI is InChI=1S/C39H56O7/c1-34(2)16-18-39(22-34)19-17-37(5)25(32(39)43)10-12-30-35(3)21-27(41)33(44)36(4,29(35)14-15-38(30,37)6)23-46-31(42)13-9-24-8-11-26(40)28(20-24)45-7/h8-11,13,20,27,29-30,32-33,40-41,43-44H,12,14-19,21-23H2,1-7H3/b13-9+/t27-,29-,30-,32-,33+,35+,36+,37-,38-,39-/m1/s1. The van der Waals surface area contributed by atoms with E-state index in [1.807, 2.05) is 6.92 Å². The maximum absolute atomic E-state index is 12.9. The number of fused-ring (bicyclic) bond motifs is 5. The van der Waals surface area contributed by atoms with Crippen molar-refractivity contribution < 1.29 is 34.7 Å². The first-order chi connectivity index (χ1) is 21.4. The molecule has 0 bridgehead atoms. The van der Waals surface area contributed by atoms with Gasteiger partial charge in [0.2, 0.25) is 0 Å². The van der Waals surface area contributed by atoms with E-state index < -0.39 is 29.7 Å². The fourth-order valence-corrected chi connectivity index (χ4v) is 11.9. The Morgan fingerprint density at radius 2 is 1.70 bits per heavy atom. The summed E-state index contributed by atoms with van der Waals surface area (Å²) in [7, 11) is 1.47. The van der Waals surface area contributed by atoms with Gasteiger partial charge in [-0.1, -0.05) is 53.7 Å². The lowest BCUT2D eigenvalue weighted by atomic mass is 9.34. The van der Waals surface area contributed by atoms with Gasteiger partial charge in [0.1, 0.15) is 0 Å². The van der Waals surface area contributed by atoms with Crippen molar-refractivity contribution in [2.24, 2.45) is 44.3 Å². The van der Waals surface area contributed by atoms with Crippen molar-refractivity contribution in [1.29, 1.82) is 0 Å². The van der Waals surface area contributed by atoms with Crippen LogP contribution in [0.2, 0.25) is 0 Å². The third-order valence-corrected chi connectivity index (χ3v) is 14.5. The van der Waals surface area contributed by atoms with E-state index in [9.17, 15) is 25.2 Å². The molecule has 0 aromatic heterocycles. The summed E-state index contributed by atoms with van der Waals surface area (Å²) in [5.74, 6) is 0.112. The Morgan fingerprint density at radius 3 is 2.37 bits per heavy atom. The monoisotopic (exact) mass is 636 g/mol.